The number of rotatable bonds is 11. The molecule has 0 amide bonds. The topological polar surface area (TPSA) is 111 Å². The summed E-state index contributed by atoms with van der Waals surface area (Å²) >= 11 is 0. The third kappa shape index (κ3) is 5.34. The Morgan fingerprint density at radius 1 is 1.25 bits per heavy atom. The summed E-state index contributed by atoms with van der Waals surface area (Å²) in [4.78, 5) is 18.3. The van der Waals surface area contributed by atoms with E-state index >= 15 is 0 Å². The molecule has 4 heterocycles. The highest BCUT2D eigenvalue weighted by atomic mass is 16.5. The number of tetrazole rings is 1. The van der Waals surface area contributed by atoms with Crippen molar-refractivity contribution in [2.45, 2.75) is 64.9 Å². The number of nitrogens with zero attached hydrogens (tertiary/aromatic N) is 5. The Kier molecular flexibility index (Phi) is 7.43. The first-order valence-electron chi connectivity index (χ1n) is 12.6. The van der Waals surface area contributed by atoms with Gasteiger partial charge >= 0.3 is 0 Å². The Balaban J connectivity index is 1.48. The SMILES string of the molecule is CCOc1ccc2[nH]c(=O)c(CN(Cc3ccco3)C(CC)c3nnnn3CC3CCCO3)cc2c1. The summed E-state index contributed by atoms with van der Waals surface area (Å²) in [5.41, 5.74) is 1.31. The molecular weight excluding hydrogens is 460 g/mol. The van der Waals surface area contributed by atoms with Crippen molar-refractivity contribution in [1.82, 2.24) is 30.1 Å². The predicted octanol–water partition coefficient (Wildman–Crippen LogP) is 3.84. The zero-order valence-electron chi connectivity index (χ0n) is 20.7. The maximum atomic E-state index is 13.1. The number of hydrogen-bond donors (Lipinski definition) is 1. The quantitative estimate of drug-likeness (QED) is 0.336. The molecule has 36 heavy (non-hydrogen) atoms. The van der Waals surface area contributed by atoms with Crippen molar-refractivity contribution >= 4 is 10.9 Å². The summed E-state index contributed by atoms with van der Waals surface area (Å²) in [5.74, 6) is 2.34. The second-order valence-electron chi connectivity index (χ2n) is 9.07. The number of benzene rings is 1. The fourth-order valence-electron chi connectivity index (χ4n) is 4.87. The summed E-state index contributed by atoms with van der Waals surface area (Å²) in [6.07, 6.45) is 4.59. The Hall–Kier alpha value is -3.50. The van der Waals surface area contributed by atoms with E-state index in [1.54, 1.807) is 6.26 Å². The second kappa shape index (κ2) is 11.0. The first-order valence-corrected chi connectivity index (χ1v) is 12.6. The van der Waals surface area contributed by atoms with E-state index in [1.165, 1.54) is 0 Å². The van der Waals surface area contributed by atoms with Gasteiger partial charge in [-0.2, -0.15) is 0 Å². The van der Waals surface area contributed by atoms with Crippen LogP contribution in [0.3, 0.4) is 0 Å². The first-order chi connectivity index (χ1) is 17.6. The zero-order valence-corrected chi connectivity index (χ0v) is 20.7. The van der Waals surface area contributed by atoms with Crippen molar-refractivity contribution in [2.75, 3.05) is 13.2 Å². The fourth-order valence-corrected chi connectivity index (χ4v) is 4.87. The summed E-state index contributed by atoms with van der Waals surface area (Å²) in [6, 6.07) is 11.3. The van der Waals surface area contributed by atoms with Crippen molar-refractivity contribution in [3.8, 4) is 5.75 Å². The van der Waals surface area contributed by atoms with Gasteiger partial charge in [0.1, 0.15) is 11.5 Å². The third-order valence-corrected chi connectivity index (χ3v) is 6.60. The lowest BCUT2D eigenvalue weighted by Gasteiger charge is -2.29. The van der Waals surface area contributed by atoms with Gasteiger partial charge in [0.2, 0.25) is 0 Å². The molecule has 10 heteroatoms. The predicted molar refractivity (Wildman–Crippen MR) is 134 cm³/mol. The van der Waals surface area contributed by atoms with Crippen LogP contribution in [-0.2, 0) is 24.4 Å². The van der Waals surface area contributed by atoms with Gasteiger partial charge in [0, 0.05) is 29.6 Å². The van der Waals surface area contributed by atoms with Crippen molar-refractivity contribution in [3.63, 3.8) is 0 Å². The van der Waals surface area contributed by atoms with Gasteiger partial charge < -0.3 is 18.9 Å². The van der Waals surface area contributed by atoms with Crippen LogP contribution < -0.4 is 10.3 Å². The van der Waals surface area contributed by atoms with Crippen molar-refractivity contribution in [3.05, 3.63) is 70.2 Å². The fraction of sp³-hybridized carbons (Fsp3) is 0.462. The molecule has 1 aliphatic rings. The molecule has 1 aromatic carbocycles. The molecule has 0 aliphatic carbocycles. The minimum Gasteiger partial charge on any atom is -0.494 e. The van der Waals surface area contributed by atoms with Gasteiger partial charge in [-0.05, 0) is 73.0 Å². The molecule has 0 saturated carbocycles. The summed E-state index contributed by atoms with van der Waals surface area (Å²) < 4.78 is 19.0. The number of ether oxygens (including phenoxy) is 2. The van der Waals surface area contributed by atoms with E-state index in [-0.39, 0.29) is 17.7 Å². The number of fused-ring (bicyclic) bond motifs is 1. The minimum atomic E-state index is -0.128. The van der Waals surface area contributed by atoms with E-state index < -0.39 is 0 Å². The van der Waals surface area contributed by atoms with Crippen LogP contribution in [0, 0.1) is 0 Å². The number of aromatic amines is 1. The molecule has 5 rings (SSSR count). The van der Waals surface area contributed by atoms with E-state index in [4.69, 9.17) is 13.9 Å². The number of H-pyrrole nitrogens is 1. The lowest BCUT2D eigenvalue weighted by Crippen LogP contribution is -2.33. The number of furan rings is 1. The Labute approximate surface area is 209 Å². The lowest BCUT2D eigenvalue weighted by molar-refractivity contribution is 0.0882. The van der Waals surface area contributed by atoms with Crippen LogP contribution in [0.2, 0.25) is 0 Å². The molecule has 0 bridgehead atoms. The Morgan fingerprint density at radius 2 is 2.17 bits per heavy atom. The highest BCUT2D eigenvalue weighted by Crippen LogP contribution is 2.28. The highest BCUT2D eigenvalue weighted by Gasteiger charge is 2.28. The van der Waals surface area contributed by atoms with Crippen molar-refractivity contribution in [1.29, 1.82) is 0 Å². The normalized spacial score (nSPS) is 16.7. The van der Waals surface area contributed by atoms with Gasteiger partial charge in [-0.3, -0.25) is 9.69 Å². The summed E-state index contributed by atoms with van der Waals surface area (Å²) in [6.45, 7) is 6.93. The molecule has 3 aromatic heterocycles. The molecule has 1 aliphatic heterocycles. The van der Waals surface area contributed by atoms with Gasteiger partial charge in [-0.25, -0.2) is 4.68 Å². The molecule has 0 spiro atoms. The first kappa shape index (κ1) is 24.2. The summed E-state index contributed by atoms with van der Waals surface area (Å²) in [5, 5.41) is 13.6. The lowest BCUT2D eigenvalue weighted by atomic mass is 10.1. The molecule has 1 saturated heterocycles. The van der Waals surface area contributed by atoms with Crippen LogP contribution in [0.5, 0.6) is 5.75 Å². The number of hydrogen-bond acceptors (Lipinski definition) is 8. The largest absolute Gasteiger partial charge is 0.494 e. The van der Waals surface area contributed by atoms with E-state index in [0.29, 0.717) is 31.8 Å². The summed E-state index contributed by atoms with van der Waals surface area (Å²) in [7, 11) is 0. The van der Waals surface area contributed by atoms with Crippen LogP contribution in [0.4, 0.5) is 0 Å². The van der Waals surface area contributed by atoms with Gasteiger partial charge in [0.05, 0.1) is 38.1 Å². The van der Waals surface area contributed by atoms with Crippen LogP contribution in [0.15, 0.2) is 51.9 Å². The van der Waals surface area contributed by atoms with E-state index in [1.807, 2.05) is 48.0 Å². The van der Waals surface area contributed by atoms with Gasteiger partial charge in [0.25, 0.3) is 5.56 Å². The second-order valence-corrected chi connectivity index (χ2v) is 9.07. The third-order valence-electron chi connectivity index (χ3n) is 6.60. The van der Waals surface area contributed by atoms with Crippen LogP contribution in [-0.4, -0.2) is 49.4 Å². The van der Waals surface area contributed by atoms with Crippen LogP contribution in [0.25, 0.3) is 10.9 Å². The highest BCUT2D eigenvalue weighted by molar-refractivity contribution is 5.80. The number of aromatic nitrogens is 5. The molecule has 2 unspecified atom stereocenters. The van der Waals surface area contributed by atoms with E-state index in [9.17, 15) is 4.79 Å². The molecule has 4 aromatic rings. The average molecular weight is 493 g/mol. The van der Waals surface area contributed by atoms with Gasteiger partial charge in [-0.1, -0.05) is 6.92 Å². The minimum absolute atomic E-state index is 0.117. The Bertz CT molecular complexity index is 1330. The van der Waals surface area contributed by atoms with E-state index in [2.05, 4.69) is 32.3 Å². The molecule has 10 nitrogen and oxygen atoms in total. The van der Waals surface area contributed by atoms with Crippen LogP contribution >= 0.6 is 0 Å². The van der Waals surface area contributed by atoms with Crippen molar-refractivity contribution < 1.29 is 13.9 Å². The zero-order chi connectivity index (χ0) is 24.9. The van der Waals surface area contributed by atoms with Gasteiger partial charge in [-0.15, -0.1) is 5.10 Å². The van der Waals surface area contributed by atoms with E-state index in [0.717, 1.165) is 54.1 Å². The molecule has 0 radical (unpaired) electrons. The van der Waals surface area contributed by atoms with Gasteiger partial charge in [0.15, 0.2) is 5.82 Å². The van der Waals surface area contributed by atoms with Crippen molar-refractivity contribution in [2.24, 2.45) is 0 Å². The monoisotopic (exact) mass is 492 g/mol. The number of nitrogens with one attached hydrogen (secondary N) is 1. The Morgan fingerprint density at radius 3 is 2.92 bits per heavy atom. The maximum absolute atomic E-state index is 13.1. The molecule has 190 valence electrons. The molecule has 1 N–H and O–H groups in total. The standard InChI is InChI=1S/C26H32N6O4/c1-3-24(25-28-29-30-32(25)17-22-8-6-12-36-22)31(16-21-7-5-11-35-21)15-19-13-18-14-20(34-4-2)9-10-23(18)27-26(19)33/h5,7,9-11,13-14,22,24H,3-4,6,8,12,15-17H2,1-2H3,(H,27,33). The number of pyridine rings is 1. The smallest absolute Gasteiger partial charge is 0.252 e. The maximum Gasteiger partial charge on any atom is 0.252 e. The average Bonchev–Trinajstić information content (AvgIpc) is 3.65. The molecular formula is C26H32N6O4. The molecule has 1 fully saturated rings. The van der Waals surface area contributed by atoms with Crippen LogP contribution in [0.1, 0.15) is 56.3 Å². The molecule has 2 atom stereocenters.